The Bertz CT molecular complexity index is 432. The molecule has 0 aliphatic rings. The molecule has 2 atom stereocenters. The van der Waals surface area contributed by atoms with E-state index >= 15 is 0 Å². The number of carbonyl (C=O) groups is 1. The predicted molar refractivity (Wildman–Crippen MR) is 82.8 cm³/mol. The van der Waals surface area contributed by atoms with Gasteiger partial charge in [0.1, 0.15) is 5.75 Å². The molecule has 4 nitrogen and oxygen atoms in total. The zero-order valence-electron chi connectivity index (χ0n) is 12.8. The molecular weight excluding hydrogens is 252 g/mol. The number of amides is 1. The lowest BCUT2D eigenvalue weighted by atomic mass is 9.95. The van der Waals surface area contributed by atoms with Crippen molar-refractivity contribution in [3.8, 4) is 5.75 Å². The second-order valence-corrected chi connectivity index (χ2v) is 5.44. The van der Waals surface area contributed by atoms with Crippen LogP contribution in [-0.4, -0.2) is 18.6 Å². The second kappa shape index (κ2) is 7.90. The minimum atomic E-state index is -0.172. The van der Waals surface area contributed by atoms with E-state index in [0.717, 1.165) is 17.9 Å². The summed E-state index contributed by atoms with van der Waals surface area (Å²) in [5.41, 5.74) is 6.40. The summed E-state index contributed by atoms with van der Waals surface area (Å²) in [5.74, 6) is 0.780. The minimum absolute atomic E-state index is 0.0387. The molecule has 0 bridgehead atoms. The van der Waals surface area contributed by atoms with Crippen molar-refractivity contribution in [3.63, 3.8) is 0 Å². The van der Waals surface area contributed by atoms with Gasteiger partial charge in [-0.15, -0.1) is 0 Å². The summed E-state index contributed by atoms with van der Waals surface area (Å²) >= 11 is 0. The number of rotatable bonds is 7. The Labute approximate surface area is 121 Å². The maximum Gasteiger partial charge on any atom is 0.229 e. The molecule has 0 fully saturated rings. The van der Waals surface area contributed by atoms with E-state index < -0.39 is 0 Å². The van der Waals surface area contributed by atoms with Gasteiger partial charge in [0.25, 0.3) is 0 Å². The van der Waals surface area contributed by atoms with Gasteiger partial charge >= 0.3 is 0 Å². The van der Waals surface area contributed by atoms with Crippen LogP contribution in [0.1, 0.15) is 34.1 Å². The maximum atomic E-state index is 12.1. The van der Waals surface area contributed by atoms with E-state index in [2.05, 4.69) is 12.2 Å². The topological polar surface area (TPSA) is 64.3 Å². The molecule has 0 spiro atoms. The van der Waals surface area contributed by atoms with Crippen LogP contribution in [0.2, 0.25) is 0 Å². The van der Waals surface area contributed by atoms with Crippen LogP contribution in [0.4, 0.5) is 5.69 Å². The molecule has 0 heterocycles. The van der Waals surface area contributed by atoms with Crippen molar-refractivity contribution in [3.05, 3.63) is 24.3 Å². The minimum Gasteiger partial charge on any atom is -0.491 e. The Balaban J connectivity index is 2.73. The van der Waals surface area contributed by atoms with E-state index in [0.29, 0.717) is 6.54 Å². The second-order valence-electron chi connectivity index (χ2n) is 5.44. The van der Waals surface area contributed by atoms with Crippen molar-refractivity contribution in [2.75, 3.05) is 11.9 Å². The first kappa shape index (κ1) is 16.5. The zero-order valence-corrected chi connectivity index (χ0v) is 12.8. The Kier molecular flexibility index (Phi) is 6.52. The fraction of sp³-hybridized carbons (Fsp3) is 0.562. The van der Waals surface area contributed by atoms with Crippen LogP contribution >= 0.6 is 0 Å². The van der Waals surface area contributed by atoms with Gasteiger partial charge in [0.05, 0.1) is 12.0 Å². The van der Waals surface area contributed by atoms with Crippen molar-refractivity contribution < 1.29 is 9.53 Å². The molecule has 0 aliphatic heterocycles. The lowest BCUT2D eigenvalue weighted by molar-refractivity contribution is -0.120. The molecule has 0 saturated carbocycles. The zero-order chi connectivity index (χ0) is 15.1. The summed E-state index contributed by atoms with van der Waals surface area (Å²) in [6.07, 6.45) is 1.10. The van der Waals surface area contributed by atoms with Gasteiger partial charge in [-0.05, 0) is 31.4 Å². The summed E-state index contributed by atoms with van der Waals surface area (Å²) in [6, 6.07) is 7.47. The molecule has 20 heavy (non-hydrogen) atoms. The van der Waals surface area contributed by atoms with Crippen LogP contribution in [-0.2, 0) is 4.79 Å². The SMILES string of the molecule is CCC(C)Oc1cccc(NC(=O)C(CN)C(C)C)c1. The highest BCUT2D eigenvalue weighted by molar-refractivity contribution is 5.93. The van der Waals surface area contributed by atoms with Crippen LogP contribution < -0.4 is 15.8 Å². The van der Waals surface area contributed by atoms with E-state index in [9.17, 15) is 4.79 Å². The molecule has 112 valence electrons. The molecule has 1 aromatic rings. The Morgan fingerprint density at radius 3 is 2.60 bits per heavy atom. The first-order valence-electron chi connectivity index (χ1n) is 7.25. The molecule has 0 aromatic heterocycles. The first-order valence-corrected chi connectivity index (χ1v) is 7.25. The molecule has 1 amide bonds. The average molecular weight is 278 g/mol. The molecule has 4 heteroatoms. The van der Waals surface area contributed by atoms with E-state index in [1.807, 2.05) is 45.0 Å². The van der Waals surface area contributed by atoms with Gasteiger partial charge in [0.15, 0.2) is 0 Å². The highest BCUT2D eigenvalue weighted by atomic mass is 16.5. The predicted octanol–water partition coefficient (Wildman–Crippen LogP) is 3.03. The largest absolute Gasteiger partial charge is 0.491 e. The quantitative estimate of drug-likeness (QED) is 0.805. The molecule has 3 N–H and O–H groups in total. The van der Waals surface area contributed by atoms with Crippen LogP contribution in [0.15, 0.2) is 24.3 Å². The molecule has 2 unspecified atom stereocenters. The smallest absolute Gasteiger partial charge is 0.229 e. The Morgan fingerprint density at radius 1 is 1.35 bits per heavy atom. The summed E-state index contributed by atoms with van der Waals surface area (Å²) in [4.78, 5) is 12.1. The lowest BCUT2D eigenvalue weighted by Gasteiger charge is -2.19. The van der Waals surface area contributed by atoms with Crippen molar-refractivity contribution in [1.29, 1.82) is 0 Å². The van der Waals surface area contributed by atoms with E-state index in [1.165, 1.54) is 0 Å². The standard InChI is InChI=1S/C16H26N2O2/c1-5-12(4)20-14-8-6-7-13(9-14)18-16(19)15(10-17)11(2)3/h6-9,11-12,15H,5,10,17H2,1-4H3,(H,18,19). The molecular formula is C16H26N2O2. The van der Waals surface area contributed by atoms with E-state index in [1.54, 1.807) is 0 Å². The molecule has 0 radical (unpaired) electrons. The number of hydrogen-bond acceptors (Lipinski definition) is 3. The van der Waals surface area contributed by atoms with Gasteiger partial charge < -0.3 is 15.8 Å². The number of nitrogens with one attached hydrogen (secondary N) is 1. The van der Waals surface area contributed by atoms with Gasteiger partial charge in [-0.1, -0.05) is 26.8 Å². The highest BCUT2D eigenvalue weighted by Crippen LogP contribution is 2.20. The van der Waals surface area contributed by atoms with Gasteiger partial charge in [0.2, 0.25) is 5.91 Å². The Morgan fingerprint density at radius 2 is 2.05 bits per heavy atom. The van der Waals surface area contributed by atoms with Crippen LogP contribution in [0, 0.1) is 11.8 Å². The number of ether oxygens (including phenoxy) is 1. The van der Waals surface area contributed by atoms with Crippen molar-refractivity contribution >= 4 is 11.6 Å². The van der Waals surface area contributed by atoms with Gasteiger partial charge in [-0.25, -0.2) is 0 Å². The first-order chi connectivity index (χ1) is 9.47. The molecule has 1 aromatic carbocycles. The third kappa shape index (κ3) is 4.85. The fourth-order valence-electron chi connectivity index (χ4n) is 1.88. The van der Waals surface area contributed by atoms with Crippen LogP contribution in [0.3, 0.4) is 0 Å². The van der Waals surface area contributed by atoms with Crippen LogP contribution in [0.25, 0.3) is 0 Å². The Hall–Kier alpha value is -1.55. The van der Waals surface area contributed by atoms with Crippen molar-refractivity contribution in [2.24, 2.45) is 17.6 Å². The summed E-state index contributed by atoms with van der Waals surface area (Å²) in [6.45, 7) is 8.45. The number of benzene rings is 1. The van der Waals surface area contributed by atoms with Crippen molar-refractivity contribution in [2.45, 2.75) is 40.2 Å². The number of carbonyl (C=O) groups excluding carboxylic acids is 1. The lowest BCUT2D eigenvalue weighted by Crippen LogP contribution is -2.33. The normalized spacial score (nSPS) is 13.9. The monoisotopic (exact) mass is 278 g/mol. The van der Waals surface area contributed by atoms with E-state index in [4.69, 9.17) is 10.5 Å². The van der Waals surface area contributed by atoms with Gasteiger partial charge in [0, 0.05) is 18.3 Å². The number of nitrogens with two attached hydrogens (primary N) is 1. The summed E-state index contributed by atoms with van der Waals surface area (Å²) in [5, 5.41) is 2.91. The molecule has 0 saturated heterocycles. The van der Waals surface area contributed by atoms with Crippen LogP contribution in [0.5, 0.6) is 5.75 Å². The number of anilines is 1. The molecule has 1 rings (SSSR count). The average Bonchev–Trinajstić information content (AvgIpc) is 2.39. The highest BCUT2D eigenvalue weighted by Gasteiger charge is 2.20. The summed E-state index contributed by atoms with van der Waals surface area (Å²) < 4.78 is 5.74. The summed E-state index contributed by atoms with van der Waals surface area (Å²) in [7, 11) is 0. The van der Waals surface area contributed by atoms with E-state index in [-0.39, 0.29) is 23.8 Å². The fourth-order valence-corrected chi connectivity index (χ4v) is 1.88. The van der Waals surface area contributed by atoms with Gasteiger partial charge in [-0.2, -0.15) is 0 Å². The van der Waals surface area contributed by atoms with Gasteiger partial charge in [-0.3, -0.25) is 4.79 Å². The number of hydrogen-bond donors (Lipinski definition) is 2. The third-order valence-electron chi connectivity index (χ3n) is 3.41. The van der Waals surface area contributed by atoms with Crippen molar-refractivity contribution in [1.82, 2.24) is 0 Å². The molecule has 0 aliphatic carbocycles. The maximum absolute atomic E-state index is 12.1. The third-order valence-corrected chi connectivity index (χ3v) is 3.41.